The molecule has 2 saturated heterocycles. The molecule has 0 unspecified atom stereocenters. The van der Waals surface area contributed by atoms with Gasteiger partial charge in [-0.2, -0.15) is 5.10 Å². The van der Waals surface area contributed by atoms with E-state index in [1.54, 1.807) is 11.0 Å². The number of likely N-dealkylation sites (tertiary alicyclic amines) is 1. The topological polar surface area (TPSA) is 63.1 Å². The fourth-order valence-electron chi connectivity index (χ4n) is 3.54. The normalized spacial score (nSPS) is 26.2. The number of amides is 1. The maximum absolute atomic E-state index is 12.3. The Kier molecular flexibility index (Phi) is 4.85. The Morgan fingerprint density at radius 1 is 1.33 bits per heavy atom. The predicted octanol–water partition coefficient (Wildman–Crippen LogP) is 1.05. The maximum Gasteiger partial charge on any atom is 0.222 e. The van der Waals surface area contributed by atoms with Gasteiger partial charge in [-0.05, 0) is 38.1 Å². The van der Waals surface area contributed by atoms with Crippen LogP contribution in [0.4, 0.5) is 0 Å². The van der Waals surface area contributed by atoms with Gasteiger partial charge in [0, 0.05) is 32.1 Å². The zero-order valence-corrected chi connectivity index (χ0v) is 12.6. The SMILES string of the molecule is O=C(CCCn1cncn1)N1CC[C@H]2NCCCC[C@H]2C1. The van der Waals surface area contributed by atoms with Crippen LogP contribution < -0.4 is 5.32 Å². The molecule has 0 radical (unpaired) electrons. The Morgan fingerprint density at radius 3 is 3.14 bits per heavy atom. The van der Waals surface area contributed by atoms with Crippen molar-refractivity contribution in [3.8, 4) is 0 Å². The van der Waals surface area contributed by atoms with Crippen molar-refractivity contribution in [1.29, 1.82) is 0 Å². The van der Waals surface area contributed by atoms with Crippen molar-refractivity contribution in [2.24, 2.45) is 5.92 Å². The predicted molar refractivity (Wildman–Crippen MR) is 79.6 cm³/mol. The molecule has 2 atom stereocenters. The highest BCUT2D eigenvalue weighted by Gasteiger charge is 2.31. The number of carbonyl (C=O) groups excluding carboxylic acids is 1. The van der Waals surface area contributed by atoms with Crippen LogP contribution in [0.15, 0.2) is 12.7 Å². The Labute approximate surface area is 125 Å². The zero-order valence-electron chi connectivity index (χ0n) is 12.6. The lowest BCUT2D eigenvalue weighted by Crippen LogP contribution is -2.50. The largest absolute Gasteiger partial charge is 0.342 e. The quantitative estimate of drug-likeness (QED) is 0.900. The third-order valence-corrected chi connectivity index (χ3v) is 4.74. The van der Waals surface area contributed by atoms with Crippen molar-refractivity contribution in [3.05, 3.63) is 12.7 Å². The maximum atomic E-state index is 12.3. The average Bonchev–Trinajstić information content (AvgIpc) is 2.90. The summed E-state index contributed by atoms with van der Waals surface area (Å²) in [6.07, 6.45) is 9.63. The van der Waals surface area contributed by atoms with E-state index in [2.05, 4.69) is 20.3 Å². The second-order valence-corrected chi connectivity index (χ2v) is 6.21. The molecule has 1 amide bonds. The fourth-order valence-corrected chi connectivity index (χ4v) is 3.54. The van der Waals surface area contributed by atoms with E-state index in [0.717, 1.165) is 39.0 Å². The number of carbonyl (C=O) groups is 1. The molecule has 116 valence electrons. The molecular formula is C15H25N5O. The average molecular weight is 291 g/mol. The molecule has 0 bridgehead atoms. The summed E-state index contributed by atoms with van der Waals surface area (Å²) in [5.41, 5.74) is 0. The van der Waals surface area contributed by atoms with Gasteiger partial charge in [-0.15, -0.1) is 0 Å². The third-order valence-electron chi connectivity index (χ3n) is 4.74. The van der Waals surface area contributed by atoms with Crippen LogP contribution in [0.3, 0.4) is 0 Å². The van der Waals surface area contributed by atoms with E-state index in [4.69, 9.17) is 0 Å². The Bertz CT molecular complexity index is 447. The summed E-state index contributed by atoms with van der Waals surface area (Å²) >= 11 is 0. The monoisotopic (exact) mass is 291 g/mol. The number of piperidine rings is 1. The molecule has 3 heterocycles. The second-order valence-electron chi connectivity index (χ2n) is 6.21. The molecule has 0 saturated carbocycles. The fraction of sp³-hybridized carbons (Fsp3) is 0.800. The van der Waals surface area contributed by atoms with E-state index < -0.39 is 0 Å². The minimum Gasteiger partial charge on any atom is -0.342 e. The minimum atomic E-state index is 0.304. The molecule has 0 aliphatic carbocycles. The number of rotatable bonds is 4. The molecule has 2 fully saturated rings. The molecule has 6 heteroatoms. The van der Waals surface area contributed by atoms with Gasteiger partial charge >= 0.3 is 0 Å². The van der Waals surface area contributed by atoms with Crippen LogP contribution in [0.25, 0.3) is 0 Å². The number of hydrogen-bond donors (Lipinski definition) is 1. The van der Waals surface area contributed by atoms with Crippen molar-refractivity contribution < 1.29 is 4.79 Å². The van der Waals surface area contributed by atoms with E-state index in [-0.39, 0.29) is 0 Å². The number of hydrogen-bond acceptors (Lipinski definition) is 4. The van der Waals surface area contributed by atoms with Crippen molar-refractivity contribution in [1.82, 2.24) is 25.0 Å². The highest BCUT2D eigenvalue weighted by atomic mass is 16.2. The summed E-state index contributed by atoms with van der Waals surface area (Å²) in [6, 6.07) is 0.631. The molecule has 1 aromatic rings. The number of nitrogens with one attached hydrogen (secondary N) is 1. The van der Waals surface area contributed by atoms with Crippen LogP contribution >= 0.6 is 0 Å². The summed E-state index contributed by atoms with van der Waals surface area (Å²) in [5.74, 6) is 0.957. The molecule has 1 aromatic heterocycles. The molecule has 2 aliphatic rings. The van der Waals surface area contributed by atoms with Crippen LogP contribution in [-0.2, 0) is 11.3 Å². The Balaban J connectivity index is 1.44. The van der Waals surface area contributed by atoms with Gasteiger partial charge in [-0.1, -0.05) is 6.42 Å². The van der Waals surface area contributed by atoms with Gasteiger partial charge in [0.2, 0.25) is 5.91 Å². The molecule has 0 aromatic carbocycles. The van der Waals surface area contributed by atoms with E-state index >= 15 is 0 Å². The van der Waals surface area contributed by atoms with E-state index in [9.17, 15) is 4.79 Å². The van der Waals surface area contributed by atoms with Gasteiger partial charge < -0.3 is 10.2 Å². The second kappa shape index (κ2) is 7.02. The minimum absolute atomic E-state index is 0.304. The van der Waals surface area contributed by atoms with E-state index in [1.165, 1.54) is 25.6 Å². The number of fused-ring (bicyclic) bond motifs is 1. The number of aromatic nitrogens is 3. The number of aryl methyl sites for hydroxylation is 1. The van der Waals surface area contributed by atoms with Crippen molar-refractivity contribution in [2.75, 3.05) is 19.6 Å². The summed E-state index contributed by atoms with van der Waals surface area (Å²) in [4.78, 5) is 18.3. The first-order valence-corrected chi connectivity index (χ1v) is 8.16. The van der Waals surface area contributed by atoms with Gasteiger partial charge in [0.1, 0.15) is 12.7 Å². The summed E-state index contributed by atoms with van der Waals surface area (Å²) in [6.45, 7) is 3.77. The van der Waals surface area contributed by atoms with Crippen LogP contribution in [0.2, 0.25) is 0 Å². The molecule has 21 heavy (non-hydrogen) atoms. The van der Waals surface area contributed by atoms with Crippen LogP contribution in [0.5, 0.6) is 0 Å². The lowest BCUT2D eigenvalue weighted by atomic mass is 9.89. The first-order chi connectivity index (χ1) is 10.3. The van der Waals surface area contributed by atoms with Crippen LogP contribution in [-0.4, -0.2) is 51.2 Å². The summed E-state index contributed by atoms with van der Waals surface area (Å²) in [7, 11) is 0. The third kappa shape index (κ3) is 3.81. The molecule has 1 N–H and O–H groups in total. The van der Waals surface area contributed by atoms with Gasteiger partial charge in [0.05, 0.1) is 0 Å². The standard InChI is InChI=1S/C15H25N5O/c21-15(5-3-8-20-12-16-11-18-20)19-9-6-14-13(10-19)4-1-2-7-17-14/h11-14,17H,1-10H2/t13-,14+/m0/s1. The van der Waals surface area contributed by atoms with Gasteiger partial charge in [-0.3, -0.25) is 9.48 Å². The molecular weight excluding hydrogens is 266 g/mol. The molecule has 2 aliphatic heterocycles. The summed E-state index contributed by atoms with van der Waals surface area (Å²) < 4.78 is 1.79. The van der Waals surface area contributed by atoms with E-state index in [0.29, 0.717) is 24.3 Å². The molecule has 6 nitrogen and oxygen atoms in total. The van der Waals surface area contributed by atoms with Gasteiger partial charge in [0.15, 0.2) is 0 Å². The van der Waals surface area contributed by atoms with Crippen LogP contribution in [0, 0.1) is 5.92 Å². The van der Waals surface area contributed by atoms with Gasteiger partial charge in [0.25, 0.3) is 0 Å². The smallest absolute Gasteiger partial charge is 0.222 e. The molecule has 3 rings (SSSR count). The zero-order chi connectivity index (χ0) is 14.5. The Hall–Kier alpha value is -1.43. The van der Waals surface area contributed by atoms with Gasteiger partial charge in [-0.25, -0.2) is 4.98 Å². The number of nitrogens with zero attached hydrogens (tertiary/aromatic N) is 4. The molecule has 0 spiro atoms. The summed E-state index contributed by atoms with van der Waals surface area (Å²) in [5, 5.41) is 7.71. The lowest BCUT2D eigenvalue weighted by Gasteiger charge is -2.38. The first kappa shape index (κ1) is 14.5. The van der Waals surface area contributed by atoms with E-state index in [1.807, 2.05) is 0 Å². The Morgan fingerprint density at radius 2 is 2.29 bits per heavy atom. The highest BCUT2D eigenvalue weighted by molar-refractivity contribution is 5.76. The van der Waals surface area contributed by atoms with Crippen LogP contribution in [0.1, 0.15) is 38.5 Å². The lowest BCUT2D eigenvalue weighted by molar-refractivity contribution is -0.133. The first-order valence-electron chi connectivity index (χ1n) is 8.16. The van der Waals surface area contributed by atoms with Crippen molar-refractivity contribution in [2.45, 2.75) is 51.1 Å². The van der Waals surface area contributed by atoms with Crippen molar-refractivity contribution in [3.63, 3.8) is 0 Å². The highest BCUT2D eigenvalue weighted by Crippen LogP contribution is 2.25. The van der Waals surface area contributed by atoms with Crippen molar-refractivity contribution >= 4 is 5.91 Å².